The van der Waals surface area contributed by atoms with Crippen molar-refractivity contribution in [3.05, 3.63) is 90.0 Å². The number of nitrogens with zero attached hydrogens (tertiary/aromatic N) is 3. The van der Waals surface area contributed by atoms with Gasteiger partial charge in [-0.15, -0.1) is 0 Å². The summed E-state index contributed by atoms with van der Waals surface area (Å²) >= 11 is 0. The predicted molar refractivity (Wildman–Crippen MR) is 106 cm³/mol. The number of hydrogen-bond donors (Lipinski definition) is 0. The lowest BCUT2D eigenvalue weighted by atomic mass is 10.2. The van der Waals surface area contributed by atoms with Gasteiger partial charge in [-0.1, -0.05) is 30.3 Å². The van der Waals surface area contributed by atoms with Crippen LogP contribution in [0.15, 0.2) is 88.7 Å². The second-order valence-electron chi connectivity index (χ2n) is 5.82. The molecule has 0 N–H and O–H groups in total. The molecule has 3 aromatic carbocycles. The Bertz CT molecular complexity index is 1270. The number of rotatable bonds is 5. The molecule has 3 aromatic rings. The minimum Gasteiger partial charge on any atom is -0.200 e. The molecule has 0 aliphatic carbocycles. The van der Waals surface area contributed by atoms with E-state index in [0.717, 1.165) is 12.1 Å². The Labute approximate surface area is 168 Å². The molecule has 0 aliphatic heterocycles. The van der Waals surface area contributed by atoms with Crippen LogP contribution in [-0.2, 0) is 20.0 Å². The van der Waals surface area contributed by atoms with Crippen LogP contribution in [0.5, 0.6) is 0 Å². The molecule has 9 heteroatoms. The van der Waals surface area contributed by atoms with Gasteiger partial charge in [0, 0.05) is 0 Å². The van der Waals surface area contributed by atoms with E-state index in [0.29, 0.717) is 3.71 Å². The van der Waals surface area contributed by atoms with Crippen LogP contribution in [0.25, 0.3) is 0 Å². The number of sulfonamides is 2. The average Bonchev–Trinajstić information content (AvgIpc) is 2.74. The first kappa shape index (κ1) is 20.1. The number of hydrogen-bond acceptors (Lipinski definition) is 6. The van der Waals surface area contributed by atoms with E-state index in [4.69, 9.17) is 10.5 Å². The van der Waals surface area contributed by atoms with Gasteiger partial charge in [-0.2, -0.15) is 14.2 Å². The van der Waals surface area contributed by atoms with Crippen molar-refractivity contribution in [1.29, 1.82) is 10.5 Å². The lowest BCUT2D eigenvalue weighted by Crippen LogP contribution is -2.37. The Hall–Kier alpha value is -3.66. The second kappa shape index (κ2) is 7.76. The maximum Gasteiger partial charge on any atom is 0.277 e. The highest BCUT2D eigenvalue weighted by molar-refractivity contribution is 8.10. The number of benzene rings is 3. The molecule has 0 heterocycles. The van der Waals surface area contributed by atoms with Crippen molar-refractivity contribution >= 4 is 25.7 Å². The fourth-order valence-corrected chi connectivity index (χ4v) is 6.38. The fourth-order valence-electron chi connectivity index (χ4n) is 2.60. The largest absolute Gasteiger partial charge is 0.277 e. The zero-order valence-electron chi connectivity index (χ0n) is 14.8. The molecule has 3 rings (SSSR count). The van der Waals surface area contributed by atoms with Crippen LogP contribution in [-0.4, -0.2) is 16.8 Å². The first-order chi connectivity index (χ1) is 13.8. The highest BCUT2D eigenvalue weighted by Crippen LogP contribution is 2.31. The van der Waals surface area contributed by atoms with E-state index in [1.807, 2.05) is 12.1 Å². The summed E-state index contributed by atoms with van der Waals surface area (Å²) in [7, 11) is -9.20. The molecule has 0 bridgehead atoms. The van der Waals surface area contributed by atoms with Gasteiger partial charge in [0.2, 0.25) is 0 Å². The predicted octanol–water partition coefficient (Wildman–Crippen LogP) is 3.01. The van der Waals surface area contributed by atoms with Crippen LogP contribution in [0.3, 0.4) is 0 Å². The highest BCUT2D eigenvalue weighted by Gasteiger charge is 2.37. The molecule has 0 saturated carbocycles. The smallest absolute Gasteiger partial charge is 0.200 e. The molecule has 7 nitrogen and oxygen atoms in total. The van der Waals surface area contributed by atoms with Gasteiger partial charge in [0.1, 0.15) is 0 Å². The number of anilines is 1. The molecule has 144 valence electrons. The number of para-hydroxylation sites is 1. The standard InChI is InChI=1S/C20H13N3O4S2/c21-14-16-6-4-10-19(12-16)28(24,25)23(18-8-2-1-3-9-18)29(26,27)20-11-5-7-17(13-20)15-22/h1-13H. The first-order valence-electron chi connectivity index (χ1n) is 8.16. The van der Waals surface area contributed by atoms with Gasteiger partial charge in [-0.05, 0) is 48.5 Å². The zero-order chi connectivity index (χ0) is 21.1. The van der Waals surface area contributed by atoms with E-state index in [-0.39, 0.29) is 26.6 Å². The van der Waals surface area contributed by atoms with Crippen molar-refractivity contribution in [2.24, 2.45) is 0 Å². The van der Waals surface area contributed by atoms with E-state index < -0.39 is 20.0 Å². The average molecular weight is 423 g/mol. The Kier molecular flexibility index (Phi) is 5.37. The molecule has 0 radical (unpaired) electrons. The van der Waals surface area contributed by atoms with E-state index in [2.05, 4.69) is 0 Å². The van der Waals surface area contributed by atoms with Gasteiger partial charge in [0.15, 0.2) is 0 Å². The molecule has 0 atom stereocenters. The minimum absolute atomic E-state index is 0.0722. The van der Waals surface area contributed by atoms with Crippen LogP contribution in [0.2, 0.25) is 0 Å². The van der Waals surface area contributed by atoms with E-state index in [1.165, 1.54) is 60.7 Å². The summed E-state index contributed by atoms with van der Waals surface area (Å²) in [6, 6.07) is 21.2. The van der Waals surface area contributed by atoms with Crippen molar-refractivity contribution in [2.75, 3.05) is 3.71 Å². The summed E-state index contributed by atoms with van der Waals surface area (Å²) in [5, 5.41) is 18.1. The fraction of sp³-hybridized carbons (Fsp3) is 0. The molecule has 0 spiro atoms. The van der Waals surface area contributed by atoms with Gasteiger partial charge in [-0.25, -0.2) is 16.8 Å². The molecular formula is C20H13N3O4S2. The second-order valence-corrected chi connectivity index (χ2v) is 9.63. The topological polar surface area (TPSA) is 119 Å². The summed E-state index contributed by atoms with van der Waals surface area (Å²) < 4.78 is 53.7. The van der Waals surface area contributed by atoms with Gasteiger partial charge in [0.25, 0.3) is 20.0 Å². The van der Waals surface area contributed by atoms with E-state index in [1.54, 1.807) is 6.07 Å². The minimum atomic E-state index is -4.60. The maximum absolute atomic E-state index is 13.3. The Balaban J connectivity index is 2.29. The highest BCUT2D eigenvalue weighted by atomic mass is 32.3. The third-order valence-corrected chi connectivity index (χ3v) is 8.10. The molecule has 0 aromatic heterocycles. The Morgan fingerprint density at radius 1 is 0.621 bits per heavy atom. The monoisotopic (exact) mass is 423 g/mol. The first-order valence-corrected chi connectivity index (χ1v) is 11.0. The van der Waals surface area contributed by atoms with Crippen molar-refractivity contribution in [1.82, 2.24) is 0 Å². The third-order valence-electron chi connectivity index (χ3n) is 3.93. The normalized spacial score (nSPS) is 11.2. The molecule has 0 unspecified atom stereocenters. The molecule has 29 heavy (non-hydrogen) atoms. The van der Waals surface area contributed by atoms with Crippen LogP contribution in [0.1, 0.15) is 11.1 Å². The summed E-state index contributed by atoms with van der Waals surface area (Å²) in [4.78, 5) is -0.694. The maximum atomic E-state index is 13.3. The molecular weight excluding hydrogens is 410 g/mol. The molecule has 0 fully saturated rings. The quantitative estimate of drug-likeness (QED) is 0.622. The van der Waals surface area contributed by atoms with Gasteiger partial charge in [-0.3, -0.25) is 0 Å². The van der Waals surface area contributed by atoms with E-state index >= 15 is 0 Å². The van der Waals surface area contributed by atoms with Gasteiger partial charge in [0.05, 0.1) is 38.7 Å². The Morgan fingerprint density at radius 2 is 1.07 bits per heavy atom. The van der Waals surface area contributed by atoms with Crippen LogP contribution >= 0.6 is 0 Å². The van der Waals surface area contributed by atoms with Crippen LogP contribution in [0, 0.1) is 22.7 Å². The molecule has 0 saturated heterocycles. The van der Waals surface area contributed by atoms with Crippen molar-refractivity contribution in [3.8, 4) is 12.1 Å². The van der Waals surface area contributed by atoms with Crippen molar-refractivity contribution < 1.29 is 16.8 Å². The lowest BCUT2D eigenvalue weighted by Gasteiger charge is -2.24. The van der Waals surface area contributed by atoms with Gasteiger partial charge < -0.3 is 0 Å². The summed E-state index contributed by atoms with van der Waals surface area (Å²) in [6.45, 7) is 0. The summed E-state index contributed by atoms with van der Waals surface area (Å²) in [5.74, 6) is 0. The van der Waals surface area contributed by atoms with Gasteiger partial charge >= 0.3 is 0 Å². The Morgan fingerprint density at radius 3 is 1.48 bits per heavy atom. The molecule has 0 aliphatic rings. The van der Waals surface area contributed by atoms with E-state index in [9.17, 15) is 16.8 Å². The molecule has 0 amide bonds. The number of nitriles is 2. The third kappa shape index (κ3) is 3.83. The van der Waals surface area contributed by atoms with Crippen LogP contribution in [0.4, 0.5) is 5.69 Å². The van der Waals surface area contributed by atoms with Crippen molar-refractivity contribution in [3.63, 3.8) is 0 Å². The van der Waals surface area contributed by atoms with Crippen LogP contribution < -0.4 is 3.71 Å². The van der Waals surface area contributed by atoms with Crippen molar-refractivity contribution in [2.45, 2.75) is 9.79 Å². The zero-order valence-corrected chi connectivity index (χ0v) is 16.4. The SMILES string of the molecule is N#Cc1cccc(S(=O)(=O)N(c2ccccc2)S(=O)(=O)c2cccc(C#N)c2)c1. The summed E-state index contributed by atoms with van der Waals surface area (Å²) in [6.07, 6.45) is 0. The lowest BCUT2D eigenvalue weighted by molar-refractivity contribution is 0.584. The summed E-state index contributed by atoms with van der Waals surface area (Å²) in [5.41, 5.74) is 0.0446.